The number of anilines is 2. The first-order chi connectivity index (χ1) is 15.0. The Morgan fingerprint density at radius 1 is 1.13 bits per heavy atom. The number of hydrogen-bond donors (Lipinski definition) is 1. The molecule has 0 saturated heterocycles. The summed E-state index contributed by atoms with van der Waals surface area (Å²) in [6, 6.07) is 14.3. The highest BCUT2D eigenvalue weighted by molar-refractivity contribution is 8.01. The third-order valence-corrected chi connectivity index (χ3v) is 6.01. The molecule has 1 atom stereocenters. The predicted octanol–water partition coefficient (Wildman–Crippen LogP) is 3.87. The van der Waals surface area contributed by atoms with Crippen molar-refractivity contribution in [3.8, 4) is 5.75 Å². The number of unbranched alkanes of at least 4 members (excludes halogenated alkanes) is 1. The molecule has 3 rings (SSSR count). The zero-order valence-electron chi connectivity index (χ0n) is 17.6. The predicted molar refractivity (Wildman–Crippen MR) is 121 cm³/mol. The van der Waals surface area contributed by atoms with Gasteiger partial charge in [0.25, 0.3) is 0 Å². The number of thioether (sulfide) groups is 1. The van der Waals surface area contributed by atoms with Crippen LogP contribution in [0.2, 0.25) is 0 Å². The van der Waals surface area contributed by atoms with Gasteiger partial charge in [-0.15, -0.1) is 11.8 Å². The van der Waals surface area contributed by atoms with E-state index in [9.17, 15) is 14.4 Å². The van der Waals surface area contributed by atoms with Gasteiger partial charge in [0.15, 0.2) is 0 Å². The van der Waals surface area contributed by atoms with Crippen LogP contribution in [0.5, 0.6) is 5.75 Å². The molecule has 0 spiro atoms. The molecular weight excluding hydrogens is 416 g/mol. The second-order valence-corrected chi connectivity index (χ2v) is 8.30. The first kappa shape index (κ1) is 22.7. The van der Waals surface area contributed by atoms with Crippen LogP contribution in [-0.4, -0.2) is 43.3 Å². The molecule has 1 N–H and O–H groups in total. The van der Waals surface area contributed by atoms with Crippen LogP contribution in [0.25, 0.3) is 0 Å². The molecule has 164 valence electrons. The van der Waals surface area contributed by atoms with E-state index in [1.807, 2.05) is 25.1 Å². The Morgan fingerprint density at radius 3 is 2.58 bits per heavy atom. The van der Waals surface area contributed by atoms with Crippen molar-refractivity contribution in [3.05, 3.63) is 48.5 Å². The van der Waals surface area contributed by atoms with Crippen molar-refractivity contribution in [1.29, 1.82) is 0 Å². The number of rotatable bonds is 9. The van der Waals surface area contributed by atoms with Gasteiger partial charge in [0.05, 0.1) is 24.7 Å². The maximum Gasteiger partial charge on any atom is 0.326 e. The lowest BCUT2D eigenvalue weighted by atomic mass is 10.2. The highest BCUT2D eigenvalue weighted by Crippen LogP contribution is 2.40. The van der Waals surface area contributed by atoms with Crippen molar-refractivity contribution in [3.63, 3.8) is 0 Å². The minimum Gasteiger partial charge on any atom is -0.497 e. The number of hydrogen-bond acceptors (Lipinski definition) is 6. The SMILES string of the molecule is CCCCOC(=O)CN1C(=O)C(CC(=O)Nc2ccc(OC)cc2)Sc2ccccc21. The second-order valence-electron chi connectivity index (χ2n) is 7.05. The molecule has 1 aliphatic rings. The Hall–Kier alpha value is -3.00. The van der Waals surface area contributed by atoms with Crippen LogP contribution in [0.1, 0.15) is 26.2 Å². The summed E-state index contributed by atoms with van der Waals surface area (Å²) in [5, 5.41) is 2.18. The fourth-order valence-corrected chi connectivity index (χ4v) is 4.35. The molecule has 2 aromatic carbocycles. The Kier molecular flexibility index (Phi) is 7.94. The van der Waals surface area contributed by atoms with Crippen LogP contribution in [-0.2, 0) is 19.1 Å². The van der Waals surface area contributed by atoms with Crippen molar-refractivity contribution in [2.45, 2.75) is 36.3 Å². The summed E-state index contributed by atoms with van der Waals surface area (Å²) < 4.78 is 10.3. The Bertz CT molecular complexity index is 932. The van der Waals surface area contributed by atoms with Gasteiger partial charge < -0.3 is 14.8 Å². The molecule has 1 unspecified atom stereocenters. The molecule has 7 nitrogen and oxygen atoms in total. The van der Waals surface area contributed by atoms with Crippen LogP contribution in [0, 0.1) is 0 Å². The summed E-state index contributed by atoms with van der Waals surface area (Å²) >= 11 is 1.34. The summed E-state index contributed by atoms with van der Waals surface area (Å²) in [5.74, 6) is -0.319. The average molecular weight is 443 g/mol. The minimum absolute atomic E-state index is 0.00868. The van der Waals surface area contributed by atoms with Gasteiger partial charge in [-0.3, -0.25) is 19.3 Å². The normalized spacial score (nSPS) is 15.2. The first-order valence-corrected chi connectivity index (χ1v) is 11.1. The highest BCUT2D eigenvalue weighted by Gasteiger charge is 2.36. The van der Waals surface area contributed by atoms with Crippen LogP contribution < -0.4 is 15.0 Å². The van der Waals surface area contributed by atoms with E-state index in [2.05, 4.69) is 5.32 Å². The Morgan fingerprint density at radius 2 is 1.87 bits per heavy atom. The smallest absolute Gasteiger partial charge is 0.326 e. The number of benzene rings is 2. The van der Waals surface area contributed by atoms with Gasteiger partial charge in [-0.05, 0) is 42.8 Å². The topological polar surface area (TPSA) is 84.9 Å². The molecule has 8 heteroatoms. The van der Waals surface area contributed by atoms with E-state index in [1.165, 1.54) is 16.7 Å². The fourth-order valence-electron chi connectivity index (χ4n) is 3.13. The van der Waals surface area contributed by atoms with E-state index < -0.39 is 11.2 Å². The number of methoxy groups -OCH3 is 1. The van der Waals surface area contributed by atoms with Crippen molar-refractivity contribution < 1.29 is 23.9 Å². The van der Waals surface area contributed by atoms with Crippen LogP contribution >= 0.6 is 11.8 Å². The summed E-state index contributed by atoms with van der Waals surface area (Å²) in [4.78, 5) is 40.2. The van der Waals surface area contributed by atoms with Gasteiger partial charge in [0.2, 0.25) is 11.8 Å². The maximum absolute atomic E-state index is 13.1. The van der Waals surface area contributed by atoms with E-state index in [0.29, 0.717) is 23.7 Å². The second kappa shape index (κ2) is 10.9. The average Bonchev–Trinajstić information content (AvgIpc) is 2.77. The standard InChI is InChI=1S/C23H26N2O5S/c1-3-4-13-30-22(27)15-25-18-7-5-6-8-19(18)31-20(23(25)28)14-21(26)24-16-9-11-17(29-2)12-10-16/h5-12,20H,3-4,13-15H2,1-2H3,(H,24,26). The van der Waals surface area contributed by atoms with Crippen LogP contribution in [0.3, 0.4) is 0 Å². The number of nitrogens with zero attached hydrogens (tertiary/aromatic N) is 1. The van der Waals surface area contributed by atoms with Gasteiger partial charge in [0, 0.05) is 17.0 Å². The quantitative estimate of drug-likeness (QED) is 0.469. The molecule has 31 heavy (non-hydrogen) atoms. The largest absolute Gasteiger partial charge is 0.497 e. The number of fused-ring (bicyclic) bond motifs is 1. The lowest BCUT2D eigenvalue weighted by Crippen LogP contribution is -2.45. The van der Waals surface area contributed by atoms with E-state index in [-0.39, 0.29) is 24.8 Å². The van der Waals surface area contributed by atoms with Crippen LogP contribution in [0.15, 0.2) is 53.4 Å². The van der Waals surface area contributed by atoms with Gasteiger partial charge >= 0.3 is 5.97 Å². The molecule has 0 fully saturated rings. The molecule has 0 aliphatic carbocycles. The lowest BCUT2D eigenvalue weighted by Gasteiger charge is -2.32. The van der Waals surface area contributed by atoms with E-state index in [1.54, 1.807) is 37.4 Å². The third-order valence-electron chi connectivity index (χ3n) is 4.76. The molecular formula is C23H26N2O5S. The first-order valence-electron chi connectivity index (χ1n) is 10.2. The molecule has 0 aromatic heterocycles. The third kappa shape index (κ3) is 6.01. The summed E-state index contributed by atoms with van der Waals surface area (Å²) in [6.45, 7) is 2.18. The van der Waals surface area contributed by atoms with Gasteiger partial charge in [-0.1, -0.05) is 25.5 Å². The minimum atomic E-state index is -0.628. The van der Waals surface area contributed by atoms with Gasteiger partial charge in [-0.2, -0.15) is 0 Å². The molecule has 2 aromatic rings. The Balaban J connectivity index is 1.68. The van der Waals surface area contributed by atoms with Crippen LogP contribution in [0.4, 0.5) is 11.4 Å². The molecule has 2 amide bonds. The molecule has 1 heterocycles. The van der Waals surface area contributed by atoms with Crippen molar-refractivity contribution in [2.75, 3.05) is 30.5 Å². The number of esters is 1. The van der Waals surface area contributed by atoms with E-state index >= 15 is 0 Å². The monoisotopic (exact) mass is 442 g/mol. The van der Waals surface area contributed by atoms with Crippen molar-refractivity contribution in [1.82, 2.24) is 0 Å². The maximum atomic E-state index is 13.1. The highest BCUT2D eigenvalue weighted by atomic mass is 32.2. The summed E-state index contributed by atoms with van der Waals surface area (Å²) in [7, 11) is 1.57. The fraction of sp³-hybridized carbons (Fsp3) is 0.348. The van der Waals surface area contributed by atoms with Gasteiger partial charge in [0.1, 0.15) is 12.3 Å². The number of para-hydroxylation sites is 1. The van der Waals surface area contributed by atoms with Gasteiger partial charge in [-0.25, -0.2) is 0 Å². The zero-order chi connectivity index (χ0) is 22.2. The number of carbonyl (C=O) groups is 3. The molecule has 1 aliphatic heterocycles. The molecule has 0 saturated carbocycles. The number of ether oxygens (including phenoxy) is 2. The van der Waals surface area contributed by atoms with E-state index in [4.69, 9.17) is 9.47 Å². The molecule has 0 bridgehead atoms. The Labute approximate surface area is 186 Å². The van der Waals surface area contributed by atoms with E-state index in [0.717, 1.165) is 17.7 Å². The van der Waals surface area contributed by atoms with Crippen molar-refractivity contribution >= 4 is 40.9 Å². The van der Waals surface area contributed by atoms with Crippen molar-refractivity contribution in [2.24, 2.45) is 0 Å². The summed E-state index contributed by atoms with van der Waals surface area (Å²) in [6.07, 6.45) is 1.69. The zero-order valence-corrected chi connectivity index (χ0v) is 18.4. The number of nitrogens with one attached hydrogen (secondary N) is 1. The number of amides is 2. The molecule has 0 radical (unpaired) electrons. The number of carbonyl (C=O) groups excluding carboxylic acids is 3. The lowest BCUT2D eigenvalue weighted by molar-refractivity contribution is -0.143. The summed E-state index contributed by atoms with van der Waals surface area (Å²) in [5.41, 5.74) is 1.28.